The first-order valence-corrected chi connectivity index (χ1v) is 9.04. The number of nitrogens with two attached hydrogens (primary N) is 1. The maximum Gasteiger partial charge on any atom is 0.573 e. The minimum atomic E-state index is -4.87. The van der Waals surface area contributed by atoms with Gasteiger partial charge < -0.3 is 10.5 Å². The van der Waals surface area contributed by atoms with Crippen molar-refractivity contribution < 1.29 is 40.8 Å². The van der Waals surface area contributed by atoms with E-state index in [2.05, 4.69) is 4.74 Å². The molecule has 0 aliphatic carbocycles. The summed E-state index contributed by atoms with van der Waals surface area (Å²) in [6.07, 6.45) is -4.92. The first-order valence-electron chi connectivity index (χ1n) is 7.60. The normalized spacial score (nSPS) is 16.7. The molecule has 0 aromatic heterocycles. The molecule has 1 aromatic rings. The summed E-state index contributed by atoms with van der Waals surface area (Å²) in [6.45, 7) is 0.112. The van der Waals surface area contributed by atoms with Crippen molar-refractivity contribution in [1.29, 1.82) is 0 Å². The molecule has 0 bridgehead atoms. The van der Waals surface area contributed by atoms with Gasteiger partial charge in [0, 0.05) is 13.1 Å². The van der Waals surface area contributed by atoms with E-state index in [4.69, 9.17) is 10.6 Å². The van der Waals surface area contributed by atoms with Crippen molar-refractivity contribution in [2.24, 2.45) is 5.73 Å². The van der Waals surface area contributed by atoms with Gasteiger partial charge in [0.25, 0.3) is 0 Å². The Hall–Kier alpha value is -2.38. The van der Waals surface area contributed by atoms with E-state index in [1.165, 1.54) is 0 Å². The van der Waals surface area contributed by atoms with Crippen molar-refractivity contribution in [3.8, 4) is 5.75 Å². The molecule has 1 fully saturated rings. The number of hydrogen-bond donors (Lipinski definition) is 2. The number of amides is 2. The highest BCUT2D eigenvalue weighted by atomic mass is 32.2. The van der Waals surface area contributed by atoms with Crippen molar-refractivity contribution in [2.45, 2.75) is 30.2 Å². The lowest BCUT2D eigenvalue weighted by Crippen LogP contribution is -2.44. The van der Waals surface area contributed by atoms with Gasteiger partial charge >= 0.3 is 18.2 Å². The van der Waals surface area contributed by atoms with E-state index in [-0.39, 0.29) is 30.8 Å². The molecule has 27 heavy (non-hydrogen) atoms. The monoisotopic (exact) mass is 411 g/mol. The summed E-state index contributed by atoms with van der Waals surface area (Å²) >= 11 is 0. The zero-order valence-corrected chi connectivity index (χ0v) is 14.5. The predicted octanol–water partition coefficient (Wildman–Crippen LogP) is 0.271. The summed E-state index contributed by atoms with van der Waals surface area (Å²) in [6, 6.07) is 3.86. The molecular weight excluding hydrogens is 395 g/mol. The largest absolute Gasteiger partial charge is 0.573 e. The Morgan fingerprint density at radius 1 is 1.15 bits per heavy atom. The number of hydrogen-bond acceptors (Lipinski definition) is 6. The topological polar surface area (TPSA) is 128 Å². The maximum atomic E-state index is 12.5. The Balaban J connectivity index is 1.94. The number of nitrogens with zero attached hydrogens (tertiary/aromatic N) is 1. The molecule has 1 saturated heterocycles. The van der Waals surface area contributed by atoms with E-state index in [1.54, 1.807) is 0 Å². The summed E-state index contributed by atoms with van der Waals surface area (Å²) in [5.74, 6) is -2.86. The fraction of sp³-hybridized carbons (Fsp3) is 0.429. The second kappa shape index (κ2) is 8.10. The Bertz CT molecular complexity index is 789. The average molecular weight is 411 g/mol. The fourth-order valence-corrected chi connectivity index (χ4v) is 3.81. The molecule has 150 valence electrons. The molecule has 1 aliphatic rings. The van der Waals surface area contributed by atoms with Crippen LogP contribution in [0.3, 0.4) is 0 Å². The number of carbonyl (C=O) groups is 2. The minimum Gasteiger partial charge on any atom is -0.406 e. The van der Waals surface area contributed by atoms with E-state index in [0.717, 1.165) is 28.6 Å². The molecule has 2 amide bonds. The molecule has 9 nitrogen and oxygen atoms in total. The van der Waals surface area contributed by atoms with Crippen molar-refractivity contribution in [2.75, 3.05) is 13.1 Å². The predicted molar refractivity (Wildman–Crippen MR) is 83.3 cm³/mol. The number of benzene rings is 1. The van der Waals surface area contributed by atoms with E-state index in [1.807, 2.05) is 5.48 Å². The molecular formula is C14H16F3N3O6S. The summed E-state index contributed by atoms with van der Waals surface area (Å²) < 4.78 is 66.4. The number of rotatable bonds is 5. The van der Waals surface area contributed by atoms with Crippen LogP contribution in [-0.4, -0.2) is 50.1 Å². The molecule has 3 N–H and O–H groups in total. The van der Waals surface area contributed by atoms with E-state index in [9.17, 15) is 31.2 Å². The highest BCUT2D eigenvalue weighted by molar-refractivity contribution is 7.89. The van der Waals surface area contributed by atoms with Crippen LogP contribution in [0.25, 0.3) is 0 Å². The van der Waals surface area contributed by atoms with Crippen LogP contribution in [0, 0.1) is 0 Å². The third-order valence-electron chi connectivity index (χ3n) is 3.64. The molecule has 1 aromatic carbocycles. The lowest BCUT2D eigenvalue weighted by Gasteiger charge is -2.30. The molecule has 2 rings (SSSR count). The zero-order valence-electron chi connectivity index (χ0n) is 13.7. The van der Waals surface area contributed by atoms with Crippen molar-refractivity contribution in [1.82, 2.24) is 9.79 Å². The first kappa shape index (κ1) is 20.9. The molecule has 1 heterocycles. The van der Waals surface area contributed by atoms with Crippen molar-refractivity contribution in [3.05, 3.63) is 24.3 Å². The molecule has 13 heteroatoms. The highest BCUT2D eigenvalue weighted by Crippen LogP contribution is 2.26. The van der Waals surface area contributed by atoms with Gasteiger partial charge in [-0.2, -0.15) is 4.31 Å². The molecule has 0 saturated carbocycles. The highest BCUT2D eigenvalue weighted by Gasteiger charge is 2.32. The number of piperidine rings is 1. The number of halogens is 3. The maximum absolute atomic E-state index is 12.5. The van der Waals surface area contributed by atoms with Crippen LogP contribution in [0.5, 0.6) is 5.75 Å². The Morgan fingerprint density at radius 2 is 1.70 bits per heavy atom. The number of hydroxylamine groups is 1. The Labute approximate surface area is 152 Å². The van der Waals surface area contributed by atoms with E-state index >= 15 is 0 Å². The lowest BCUT2D eigenvalue weighted by molar-refractivity contribution is -0.274. The summed E-state index contributed by atoms with van der Waals surface area (Å²) in [5.41, 5.74) is 6.62. The molecule has 0 atom stereocenters. The third kappa shape index (κ3) is 5.80. The number of carbonyl (C=O) groups excluding carboxylic acids is 2. The van der Waals surface area contributed by atoms with Gasteiger partial charge in [0.2, 0.25) is 10.0 Å². The lowest BCUT2D eigenvalue weighted by atomic mass is 10.1. The fourth-order valence-electron chi connectivity index (χ4n) is 2.34. The summed E-state index contributed by atoms with van der Waals surface area (Å²) in [5, 5.41) is 0. The number of sulfonamides is 1. The number of nitrogens with one attached hydrogen (secondary N) is 1. The number of primary amides is 1. The molecule has 0 radical (unpaired) electrons. The van der Waals surface area contributed by atoms with Crippen LogP contribution in [0.1, 0.15) is 12.8 Å². The van der Waals surface area contributed by atoms with Gasteiger partial charge in [-0.15, -0.1) is 13.2 Å². The van der Waals surface area contributed by atoms with Crippen LogP contribution in [0.15, 0.2) is 29.2 Å². The number of ether oxygens (including phenoxy) is 1. The smallest absolute Gasteiger partial charge is 0.406 e. The SMILES string of the molecule is NC(=O)C(=O)NOC1CCN(S(=O)(=O)c2ccc(OC(F)(F)F)cc2)CC1. The van der Waals surface area contributed by atoms with Crippen LogP contribution in [0.4, 0.5) is 13.2 Å². The van der Waals surface area contributed by atoms with Gasteiger partial charge in [0.1, 0.15) is 5.75 Å². The van der Waals surface area contributed by atoms with Crippen molar-refractivity contribution in [3.63, 3.8) is 0 Å². The van der Waals surface area contributed by atoms with Gasteiger partial charge in [0.05, 0.1) is 11.0 Å². The second-order valence-corrected chi connectivity index (χ2v) is 7.47. The number of alkyl halides is 3. The van der Waals surface area contributed by atoms with Crippen LogP contribution < -0.4 is 16.0 Å². The standard InChI is InChI=1S/C14H16F3N3O6S/c15-14(16,17)25-9-1-3-11(4-2-9)27(23,24)20-7-5-10(6-8-20)26-19-13(22)12(18)21/h1-4,10H,5-8H2,(H2,18,21)(H,19,22). The van der Waals surface area contributed by atoms with Gasteiger partial charge in [-0.3, -0.25) is 14.4 Å². The first-order chi connectivity index (χ1) is 12.5. The zero-order chi connectivity index (χ0) is 20.2. The average Bonchev–Trinajstić information content (AvgIpc) is 2.59. The summed E-state index contributed by atoms with van der Waals surface area (Å²) in [7, 11) is -3.91. The molecule has 0 spiro atoms. The van der Waals surface area contributed by atoms with Crippen LogP contribution in [-0.2, 0) is 24.4 Å². The van der Waals surface area contributed by atoms with E-state index < -0.39 is 40.1 Å². The molecule has 0 unspecified atom stereocenters. The van der Waals surface area contributed by atoms with E-state index in [0.29, 0.717) is 0 Å². The quantitative estimate of drug-likeness (QED) is 0.529. The second-order valence-electron chi connectivity index (χ2n) is 5.54. The molecule has 1 aliphatic heterocycles. The summed E-state index contributed by atoms with van der Waals surface area (Å²) in [4.78, 5) is 26.4. The van der Waals surface area contributed by atoms with Crippen molar-refractivity contribution >= 4 is 21.8 Å². The van der Waals surface area contributed by atoms with Crippen LogP contribution in [0.2, 0.25) is 0 Å². The third-order valence-corrected chi connectivity index (χ3v) is 5.55. The van der Waals surface area contributed by atoms with Gasteiger partial charge in [-0.1, -0.05) is 0 Å². The van der Waals surface area contributed by atoms with Crippen LogP contribution >= 0.6 is 0 Å². The van der Waals surface area contributed by atoms with Gasteiger partial charge in [-0.05, 0) is 37.1 Å². The Morgan fingerprint density at radius 3 is 2.19 bits per heavy atom. The minimum absolute atomic E-state index is 0.0558. The van der Waals surface area contributed by atoms with Gasteiger partial charge in [0.15, 0.2) is 0 Å². The van der Waals surface area contributed by atoms with Gasteiger partial charge in [-0.25, -0.2) is 13.9 Å². The Kier molecular flexibility index (Phi) is 6.28.